The third-order valence-corrected chi connectivity index (χ3v) is 2.67. The fourth-order valence-electron chi connectivity index (χ4n) is 1.60. The lowest BCUT2D eigenvalue weighted by Gasteiger charge is -2.08. The van der Waals surface area contributed by atoms with Gasteiger partial charge in [0.15, 0.2) is 17.9 Å². The van der Waals surface area contributed by atoms with E-state index in [1.54, 1.807) is 7.11 Å². The zero-order valence-corrected chi connectivity index (χ0v) is 10.4. The van der Waals surface area contributed by atoms with E-state index in [1.165, 1.54) is 12.3 Å². The summed E-state index contributed by atoms with van der Waals surface area (Å²) in [7, 11) is 1.59. The number of benzene rings is 1. The summed E-state index contributed by atoms with van der Waals surface area (Å²) in [5.74, 6) is 0.197. The first-order valence-electron chi connectivity index (χ1n) is 5.71. The van der Waals surface area contributed by atoms with Crippen LogP contribution in [0.4, 0.5) is 10.2 Å². The molecule has 0 atom stereocenters. The Hall–Kier alpha value is -2.43. The van der Waals surface area contributed by atoms with Crippen molar-refractivity contribution >= 4 is 12.1 Å². The number of hydrogen-bond acceptors (Lipinski definition) is 4. The molecule has 2 aromatic rings. The van der Waals surface area contributed by atoms with E-state index in [4.69, 9.17) is 4.74 Å². The van der Waals surface area contributed by atoms with Crippen LogP contribution in [0, 0.1) is 5.82 Å². The summed E-state index contributed by atoms with van der Waals surface area (Å²) in [4.78, 5) is 14.5. The van der Waals surface area contributed by atoms with Crippen molar-refractivity contribution in [2.24, 2.45) is 0 Å². The number of ether oxygens (including phenoxy) is 1. The smallest absolute Gasteiger partial charge is 0.175 e. The number of carbonyl (C=O) groups is 1. The van der Waals surface area contributed by atoms with E-state index < -0.39 is 5.82 Å². The maximum atomic E-state index is 13.7. The summed E-state index contributed by atoms with van der Waals surface area (Å²) in [6.45, 7) is 0.413. The van der Waals surface area contributed by atoms with Gasteiger partial charge < -0.3 is 10.1 Å². The van der Waals surface area contributed by atoms with Crippen LogP contribution in [0.3, 0.4) is 0 Å². The van der Waals surface area contributed by atoms with Gasteiger partial charge in [0.2, 0.25) is 0 Å². The van der Waals surface area contributed by atoms with Crippen LogP contribution in [0.1, 0.15) is 15.9 Å². The first kappa shape index (κ1) is 13.0. The van der Waals surface area contributed by atoms with Gasteiger partial charge in [0.05, 0.1) is 12.7 Å². The predicted molar refractivity (Wildman–Crippen MR) is 69.9 cm³/mol. The van der Waals surface area contributed by atoms with Crippen LogP contribution in [0.2, 0.25) is 0 Å². The van der Waals surface area contributed by atoms with E-state index in [-0.39, 0.29) is 11.4 Å². The molecule has 0 amide bonds. The van der Waals surface area contributed by atoms with E-state index in [0.29, 0.717) is 12.8 Å². The molecule has 0 saturated heterocycles. The highest BCUT2D eigenvalue weighted by Gasteiger charge is 2.08. The summed E-state index contributed by atoms with van der Waals surface area (Å²) < 4.78 is 18.8. The van der Waals surface area contributed by atoms with Crippen molar-refractivity contribution in [2.45, 2.75) is 6.54 Å². The normalized spacial score (nSPS) is 10.0. The molecule has 1 aromatic heterocycles. The number of hydrogen-bond donors (Lipinski definition) is 1. The monoisotopic (exact) mass is 260 g/mol. The summed E-state index contributed by atoms with van der Waals surface area (Å²) in [5.41, 5.74) is 0.950. The van der Waals surface area contributed by atoms with Crippen molar-refractivity contribution in [3.63, 3.8) is 0 Å². The second kappa shape index (κ2) is 5.95. The lowest BCUT2D eigenvalue weighted by atomic mass is 10.2. The van der Waals surface area contributed by atoms with E-state index in [1.807, 2.05) is 24.3 Å². The van der Waals surface area contributed by atoms with Crippen LogP contribution in [0.5, 0.6) is 5.75 Å². The van der Waals surface area contributed by atoms with Gasteiger partial charge in [-0.2, -0.15) is 0 Å². The van der Waals surface area contributed by atoms with Crippen LogP contribution < -0.4 is 10.1 Å². The number of nitrogens with zero attached hydrogens (tertiary/aromatic N) is 1. The zero-order chi connectivity index (χ0) is 13.7. The van der Waals surface area contributed by atoms with E-state index >= 15 is 0 Å². The van der Waals surface area contributed by atoms with Crippen molar-refractivity contribution in [1.29, 1.82) is 0 Å². The highest BCUT2D eigenvalue weighted by atomic mass is 19.1. The molecule has 0 bridgehead atoms. The minimum absolute atomic E-state index is 0.00719. The number of aldehydes is 1. The number of anilines is 1. The van der Waals surface area contributed by atoms with Crippen molar-refractivity contribution in [3.05, 3.63) is 53.5 Å². The first-order valence-corrected chi connectivity index (χ1v) is 5.71. The van der Waals surface area contributed by atoms with Crippen molar-refractivity contribution < 1.29 is 13.9 Å². The van der Waals surface area contributed by atoms with Gasteiger partial charge in [-0.25, -0.2) is 9.37 Å². The highest BCUT2D eigenvalue weighted by Crippen LogP contribution is 2.16. The van der Waals surface area contributed by atoms with E-state index in [9.17, 15) is 9.18 Å². The highest BCUT2D eigenvalue weighted by molar-refractivity contribution is 5.76. The Kier molecular flexibility index (Phi) is 4.07. The molecular formula is C14H13FN2O2. The predicted octanol–water partition coefficient (Wildman–Crippen LogP) is 2.65. The number of methoxy groups -OCH3 is 1. The first-order chi connectivity index (χ1) is 9.24. The quantitative estimate of drug-likeness (QED) is 0.840. The van der Waals surface area contributed by atoms with Gasteiger partial charge in [-0.05, 0) is 23.8 Å². The van der Waals surface area contributed by atoms with Crippen LogP contribution in [0.15, 0.2) is 36.5 Å². The Labute approximate surface area is 110 Å². The average Bonchev–Trinajstić information content (AvgIpc) is 2.47. The molecule has 2 rings (SSSR count). The minimum Gasteiger partial charge on any atom is -0.497 e. The Morgan fingerprint density at radius 3 is 2.68 bits per heavy atom. The molecule has 0 aliphatic carbocycles. The lowest BCUT2D eigenvalue weighted by molar-refractivity contribution is 0.111. The number of rotatable bonds is 5. The van der Waals surface area contributed by atoms with Gasteiger partial charge >= 0.3 is 0 Å². The standard InChI is InChI=1S/C14H13FN2O2/c1-19-12-4-2-10(3-5-12)8-17-14-13(15)11(9-18)6-7-16-14/h2-7,9H,8H2,1H3,(H,16,17). The number of pyridine rings is 1. The Bertz CT molecular complexity index is 570. The van der Waals surface area contributed by atoms with Crippen LogP contribution in [-0.4, -0.2) is 18.4 Å². The molecule has 1 N–H and O–H groups in total. The largest absolute Gasteiger partial charge is 0.497 e. The molecule has 0 unspecified atom stereocenters. The van der Waals surface area contributed by atoms with Crippen molar-refractivity contribution in [2.75, 3.05) is 12.4 Å². The molecule has 0 saturated carbocycles. The van der Waals surface area contributed by atoms with Gasteiger partial charge in [-0.3, -0.25) is 4.79 Å². The molecule has 0 fully saturated rings. The van der Waals surface area contributed by atoms with Gasteiger partial charge in [0.1, 0.15) is 5.75 Å². The summed E-state index contributed by atoms with van der Waals surface area (Å²) in [6, 6.07) is 8.72. The van der Waals surface area contributed by atoms with Gasteiger partial charge in [-0.15, -0.1) is 0 Å². The molecule has 5 heteroatoms. The maximum absolute atomic E-state index is 13.7. The summed E-state index contributed by atoms with van der Waals surface area (Å²) in [6.07, 6.45) is 1.86. The zero-order valence-electron chi connectivity index (χ0n) is 10.4. The number of halogens is 1. The Morgan fingerprint density at radius 2 is 2.05 bits per heavy atom. The van der Waals surface area contributed by atoms with Gasteiger partial charge in [-0.1, -0.05) is 12.1 Å². The molecule has 19 heavy (non-hydrogen) atoms. The molecule has 0 spiro atoms. The number of aromatic nitrogens is 1. The fraction of sp³-hybridized carbons (Fsp3) is 0.143. The SMILES string of the molecule is COc1ccc(CNc2nccc(C=O)c2F)cc1. The van der Waals surface area contributed by atoms with E-state index in [2.05, 4.69) is 10.3 Å². The van der Waals surface area contributed by atoms with Crippen LogP contribution in [-0.2, 0) is 6.54 Å². The fourth-order valence-corrected chi connectivity index (χ4v) is 1.60. The topological polar surface area (TPSA) is 51.2 Å². The lowest BCUT2D eigenvalue weighted by Crippen LogP contribution is -2.05. The number of nitrogens with one attached hydrogen (secondary N) is 1. The van der Waals surface area contributed by atoms with Gasteiger partial charge in [0.25, 0.3) is 0 Å². The minimum atomic E-state index is -0.633. The maximum Gasteiger partial charge on any atom is 0.175 e. The second-order valence-corrected chi connectivity index (χ2v) is 3.88. The van der Waals surface area contributed by atoms with Crippen LogP contribution >= 0.6 is 0 Å². The Morgan fingerprint density at radius 1 is 1.32 bits per heavy atom. The third kappa shape index (κ3) is 3.07. The van der Waals surface area contributed by atoms with Crippen LogP contribution in [0.25, 0.3) is 0 Å². The third-order valence-electron chi connectivity index (χ3n) is 2.67. The van der Waals surface area contributed by atoms with Gasteiger partial charge in [0, 0.05) is 12.7 Å². The average molecular weight is 260 g/mol. The summed E-state index contributed by atoms with van der Waals surface area (Å²) >= 11 is 0. The molecule has 0 aliphatic rings. The molecule has 1 aromatic carbocycles. The molecule has 98 valence electrons. The molecule has 4 nitrogen and oxygen atoms in total. The molecule has 0 aliphatic heterocycles. The summed E-state index contributed by atoms with van der Waals surface area (Å²) in [5, 5.41) is 2.86. The molecular weight excluding hydrogens is 247 g/mol. The van der Waals surface area contributed by atoms with Crippen molar-refractivity contribution in [3.8, 4) is 5.75 Å². The number of carbonyl (C=O) groups excluding carboxylic acids is 1. The van der Waals surface area contributed by atoms with E-state index in [0.717, 1.165) is 11.3 Å². The van der Waals surface area contributed by atoms with Crippen molar-refractivity contribution in [1.82, 2.24) is 4.98 Å². The molecule has 1 heterocycles. The molecule has 0 radical (unpaired) electrons. The second-order valence-electron chi connectivity index (χ2n) is 3.88. The Balaban J connectivity index is 2.07.